The summed E-state index contributed by atoms with van der Waals surface area (Å²) in [5, 5.41) is 7.75. The Labute approximate surface area is 161 Å². The maximum Gasteiger partial charge on any atom is 0.277 e. The quantitative estimate of drug-likeness (QED) is 0.626. The Balaban J connectivity index is 1.61. The van der Waals surface area contributed by atoms with Gasteiger partial charge in [0.1, 0.15) is 11.6 Å². The van der Waals surface area contributed by atoms with Crippen molar-refractivity contribution in [2.24, 2.45) is 0 Å². The Kier molecular flexibility index (Phi) is 5.57. The summed E-state index contributed by atoms with van der Waals surface area (Å²) in [5.74, 6) is 0.552. The molecule has 1 N–H and O–H groups in total. The van der Waals surface area contributed by atoms with E-state index >= 15 is 0 Å². The molecule has 0 radical (unpaired) electrons. The van der Waals surface area contributed by atoms with E-state index in [0.717, 1.165) is 4.47 Å². The van der Waals surface area contributed by atoms with E-state index in [4.69, 9.17) is 27.9 Å². The minimum Gasteiger partial charge on any atom is -0.470 e. The molecule has 128 valence electrons. The van der Waals surface area contributed by atoms with Crippen LogP contribution in [0.5, 0.6) is 5.75 Å². The first-order chi connectivity index (χ1) is 12.0. The number of carbonyl (C=O) groups is 1. The number of amides is 1. The fraction of sp³-hybridized carbons (Fsp3) is 0.0625. The van der Waals surface area contributed by atoms with Gasteiger partial charge in [-0.1, -0.05) is 23.2 Å². The van der Waals surface area contributed by atoms with E-state index in [1.54, 1.807) is 48.8 Å². The number of rotatable bonds is 5. The van der Waals surface area contributed by atoms with E-state index in [-0.39, 0.29) is 18.3 Å². The number of pyridine rings is 1. The van der Waals surface area contributed by atoms with Crippen molar-refractivity contribution in [2.75, 3.05) is 5.32 Å². The van der Waals surface area contributed by atoms with Crippen LogP contribution in [0.1, 0.15) is 10.5 Å². The van der Waals surface area contributed by atoms with E-state index in [1.807, 2.05) is 0 Å². The minimum absolute atomic E-state index is 0.102. The molecule has 0 bridgehead atoms. The van der Waals surface area contributed by atoms with Crippen molar-refractivity contribution in [1.82, 2.24) is 14.8 Å². The number of halogens is 3. The van der Waals surface area contributed by atoms with Crippen molar-refractivity contribution in [3.8, 4) is 5.75 Å². The summed E-state index contributed by atoms with van der Waals surface area (Å²) < 4.78 is 7.87. The Hall–Kier alpha value is -2.09. The van der Waals surface area contributed by atoms with Crippen molar-refractivity contribution >= 4 is 50.9 Å². The standard InChI is InChI=1S/C16H11BrCl2N4O2/c17-10-1-4-15(20-8-10)21-16(24)13-5-6-23(22-13)9-25-14-3-2-11(18)7-12(14)19/h1-8H,9H2,(H,20,21,24). The van der Waals surface area contributed by atoms with Crippen LogP contribution >= 0.6 is 39.1 Å². The highest BCUT2D eigenvalue weighted by atomic mass is 79.9. The van der Waals surface area contributed by atoms with Crippen molar-refractivity contribution in [3.05, 3.63) is 69.0 Å². The fourth-order valence-corrected chi connectivity index (χ4v) is 2.61. The normalized spacial score (nSPS) is 10.5. The van der Waals surface area contributed by atoms with Crippen molar-refractivity contribution in [1.29, 1.82) is 0 Å². The van der Waals surface area contributed by atoms with Crippen molar-refractivity contribution in [3.63, 3.8) is 0 Å². The molecular formula is C16H11BrCl2N4O2. The van der Waals surface area contributed by atoms with Gasteiger partial charge in [0.05, 0.1) is 5.02 Å². The Bertz CT molecular complexity index is 899. The zero-order valence-electron chi connectivity index (χ0n) is 12.6. The highest BCUT2D eigenvalue weighted by Crippen LogP contribution is 2.27. The Morgan fingerprint density at radius 3 is 2.80 bits per heavy atom. The molecule has 3 rings (SSSR count). The van der Waals surface area contributed by atoms with Crippen LogP contribution in [0.4, 0.5) is 5.82 Å². The molecule has 1 aromatic carbocycles. The lowest BCUT2D eigenvalue weighted by Gasteiger charge is -2.08. The summed E-state index contributed by atoms with van der Waals surface area (Å²) in [6.45, 7) is 0.102. The van der Waals surface area contributed by atoms with Crippen molar-refractivity contribution < 1.29 is 9.53 Å². The van der Waals surface area contributed by atoms with Crippen LogP contribution in [-0.4, -0.2) is 20.7 Å². The lowest BCUT2D eigenvalue weighted by Crippen LogP contribution is -2.15. The maximum absolute atomic E-state index is 12.2. The molecule has 0 saturated heterocycles. The van der Waals surface area contributed by atoms with Gasteiger partial charge in [-0.2, -0.15) is 5.10 Å². The summed E-state index contributed by atoms with van der Waals surface area (Å²) in [6, 6.07) is 9.99. The number of carbonyl (C=O) groups excluding carboxylic acids is 1. The van der Waals surface area contributed by atoms with Gasteiger partial charge in [0.15, 0.2) is 12.4 Å². The van der Waals surface area contributed by atoms with Gasteiger partial charge in [-0.25, -0.2) is 9.67 Å². The van der Waals surface area contributed by atoms with E-state index in [2.05, 4.69) is 31.3 Å². The van der Waals surface area contributed by atoms with Gasteiger partial charge < -0.3 is 10.1 Å². The number of ether oxygens (including phenoxy) is 1. The van der Waals surface area contributed by atoms with Crippen LogP contribution in [-0.2, 0) is 6.73 Å². The molecule has 25 heavy (non-hydrogen) atoms. The summed E-state index contributed by atoms with van der Waals surface area (Å²) in [6.07, 6.45) is 3.23. The molecule has 2 aromatic heterocycles. The molecule has 0 saturated carbocycles. The van der Waals surface area contributed by atoms with E-state index in [9.17, 15) is 4.79 Å². The molecule has 0 aliphatic heterocycles. The lowest BCUT2D eigenvalue weighted by atomic mass is 10.3. The zero-order chi connectivity index (χ0) is 17.8. The molecular weight excluding hydrogens is 431 g/mol. The monoisotopic (exact) mass is 440 g/mol. The number of hydrogen-bond donors (Lipinski definition) is 1. The molecule has 0 unspecified atom stereocenters. The number of aromatic nitrogens is 3. The number of benzene rings is 1. The molecule has 0 aliphatic carbocycles. The van der Waals surface area contributed by atoms with Crippen LogP contribution in [0.15, 0.2) is 53.3 Å². The van der Waals surface area contributed by atoms with Gasteiger partial charge in [0, 0.05) is 21.9 Å². The average Bonchev–Trinajstić information content (AvgIpc) is 3.05. The first kappa shape index (κ1) is 17.7. The van der Waals surface area contributed by atoms with Gasteiger partial charge in [0.25, 0.3) is 5.91 Å². The van der Waals surface area contributed by atoms with Gasteiger partial charge >= 0.3 is 0 Å². The molecule has 1 amide bonds. The minimum atomic E-state index is -0.363. The summed E-state index contributed by atoms with van der Waals surface area (Å²) in [7, 11) is 0. The van der Waals surface area contributed by atoms with E-state index in [1.165, 1.54) is 4.68 Å². The highest BCUT2D eigenvalue weighted by molar-refractivity contribution is 9.10. The third-order valence-corrected chi connectivity index (χ3v) is 4.09. The molecule has 6 nitrogen and oxygen atoms in total. The second-order valence-corrected chi connectivity index (χ2v) is 6.66. The van der Waals surface area contributed by atoms with Crippen LogP contribution in [0.25, 0.3) is 0 Å². The van der Waals surface area contributed by atoms with Crippen LogP contribution in [0.2, 0.25) is 10.0 Å². The van der Waals surface area contributed by atoms with Gasteiger partial charge in [-0.3, -0.25) is 4.79 Å². The Morgan fingerprint density at radius 1 is 1.24 bits per heavy atom. The first-order valence-electron chi connectivity index (χ1n) is 7.05. The van der Waals surface area contributed by atoms with E-state index in [0.29, 0.717) is 21.6 Å². The molecule has 0 spiro atoms. The third kappa shape index (κ3) is 4.72. The molecule has 9 heteroatoms. The summed E-state index contributed by atoms with van der Waals surface area (Å²) in [5.41, 5.74) is 0.246. The Morgan fingerprint density at radius 2 is 2.08 bits per heavy atom. The third-order valence-electron chi connectivity index (χ3n) is 3.09. The lowest BCUT2D eigenvalue weighted by molar-refractivity contribution is 0.102. The molecule has 0 atom stereocenters. The number of nitrogens with one attached hydrogen (secondary N) is 1. The first-order valence-corrected chi connectivity index (χ1v) is 8.60. The second-order valence-electron chi connectivity index (χ2n) is 4.90. The van der Waals surface area contributed by atoms with Gasteiger partial charge in [0.2, 0.25) is 0 Å². The maximum atomic E-state index is 12.2. The fourth-order valence-electron chi connectivity index (χ4n) is 1.91. The van der Waals surface area contributed by atoms with Gasteiger partial charge in [-0.05, 0) is 52.3 Å². The second kappa shape index (κ2) is 7.86. The summed E-state index contributed by atoms with van der Waals surface area (Å²) >= 11 is 15.2. The molecule has 0 fully saturated rings. The molecule has 2 heterocycles. The molecule has 0 aliphatic rings. The average molecular weight is 442 g/mol. The van der Waals surface area contributed by atoms with Crippen LogP contribution in [0, 0.1) is 0 Å². The SMILES string of the molecule is O=C(Nc1ccc(Br)cn1)c1ccn(COc2ccc(Cl)cc2Cl)n1. The molecule has 3 aromatic rings. The van der Waals surface area contributed by atoms with E-state index < -0.39 is 0 Å². The highest BCUT2D eigenvalue weighted by Gasteiger charge is 2.11. The number of anilines is 1. The number of hydrogen-bond acceptors (Lipinski definition) is 4. The largest absolute Gasteiger partial charge is 0.470 e. The predicted octanol–water partition coefficient (Wildman–Crippen LogP) is 4.64. The smallest absolute Gasteiger partial charge is 0.277 e. The topological polar surface area (TPSA) is 69.0 Å². The van der Waals surface area contributed by atoms with Crippen LogP contribution < -0.4 is 10.1 Å². The van der Waals surface area contributed by atoms with Crippen molar-refractivity contribution in [2.45, 2.75) is 6.73 Å². The zero-order valence-corrected chi connectivity index (χ0v) is 15.7. The summed E-state index contributed by atoms with van der Waals surface area (Å²) in [4.78, 5) is 16.2. The predicted molar refractivity (Wildman–Crippen MR) is 99.2 cm³/mol. The van der Waals surface area contributed by atoms with Gasteiger partial charge in [-0.15, -0.1) is 0 Å². The van der Waals surface area contributed by atoms with Crippen LogP contribution in [0.3, 0.4) is 0 Å². The number of nitrogens with zero attached hydrogens (tertiary/aromatic N) is 3.